The molecule has 0 aliphatic carbocycles. The minimum Gasteiger partial charge on any atom is -0.491 e. The van der Waals surface area contributed by atoms with Crippen molar-refractivity contribution in [2.45, 2.75) is 20.4 Å². The molecule has 0 spiro atoms. The lowest BCUT2D eigenvalue weighted by Crippen LogP contribution is -2.07. The van der Waals surface area contributed by atoms with Crippen molar-refractivity contribution >= 4 is 5.78 Å². The van der Waals surface area contributed by atoms with Crippen LogP contribution in [0.4, 0.5) is 0 Å². The molecule has 94 valence electrons. The van der Waals surface area contributed by atoms with E-state index in [2.05, 4.69) is 4.98 Å². The summed E-state index contributed by atoms with van der Waals surface area (Å²) in [6, 6.07) is 5.50. The number of hydrogen-bond acceptors (Lipinski definition) is 3. The van der Waals surface area contributed by atoms with Gasteiger partial charge in [-0.25, -0.2) is 4.98 Å². The molecule has 0 bridgehead atoms. The minimum absolute atomic E-state index is 0.0723. The first kappa shape index (κ1) is 12.4. The Labute approximate surface area is 106 Å². The maximum absolute atomic E-state index is 11.2. The number of rotatable bonds is 5. The number of Topliss-reactive ketones (excluding diaryl/α,β-unsaturated/α-hetero) is 1. The third-order valence-corrected chi connectivity index (χ3v) is 2.75. The molecule has 0 aliphatic heterocycles. The standard InChI is InChI=1S/C14H16N2O2/c1-11-9-13(12(2)17)3-4-14(11)18-8-7-16-6-5-15-10-16/h3-6,9-10H,7-8H2,1-2H3. The zero-order valence-corrected chi connectivity index (χ0v) is 10.6. The number of imidazole rings is 1. The molecule has 1 heterocycles. The molecule has 0 fully saturated rings. The topological polar surface area (TPSA) is 44.1 Å². The van der Waals surface area contributed by atoms with Crippen molar-refractivity contribution in [2.24, 2.45) is 0 Å². The Hall–Kier alpha value is -2.10. The number of aryl methyl sites for hydroxylation is 1. The Morgan fingerprint density at radius 2 is 2.28 bits per heavy atom. The number of aromatic nitrogens is 2. The number of benzene rings is 1. The van der Waals surface area contributed by atoms with E-state index in [-0.39, 0.29) is 5.78 Å². The molecule has 0 aliphatic rings. The smallest absolute Gasteiger partial charge is 0.159 e. The molecular weight excluding hydrogens is 228 g/mol. The van der Waals surface area contributed by atoms with E-state index in [1.54, 1.807) is 25.5 Å². The molecule has 0 radical (unpaired) electrons. The van der Waals surface area contributed by atoms with Crippen molar-refractivity contribution in [3.05, 3.63) is 48.0 Å². The molecule has 1 aromatic heterocycles. The summed E-state index contributed by atoms with van der Waals surface area (Å²) < 4.78 is 7.64. The summed E-state index contributed by atoms with van der Waals surface area (Å²) in [6.07, 6.45) is 5.40. The monoisotopic (exact) mass is 244 g/mol. The highest BCUT2D eigenvalue weighted by Gasteiger charge is 2.04. The van der Waals surface area contributed by atoms with E-state index in [0.29, 0.717) is 6.61 Å². The van der Waals surface area contributed by atoms with E-state index in [1.165, 1.54) is 0 Å². The zero-order valence-electron chi connectivity index (χ0n) is 10.6. The zero-order chi connectivity index (χ0) is 13.0. The normalized spacial score (nSPS) is 10.3. The van der Waals surface area contributed by atoms with Crippen LogP contribution in [-0.4, -0.2) is 21.9 Å². The largest absolute Gasteiger partial charge is 0.491 e. The summed E-state index contributed by atoms with van der Waals surface area (Å²) in [7, 11) is 0. The lowest BCUT2D eigenvalue weighted by atomic mass is 10.1. The Balaban J connectivity index is 1.95. The molecule has 4 nitrogen and oxygen atoms in total. The van der Waals surface area contributed by atoms with E-state index in [4.69, 9.17) is 4.74 Å². The number of carbonyl (C=O) groups is 1. The SMILES string of the molecule is CC(=O)c1ccc(OCCn2ccnc2)c(C)c1. The fourth-order valence-electron chi connectivity index (χ4n) is 1.71. The number of ether oxygens (including phenoxy) is 1. The third-order valence-electron chi connectivity index (χ3n) is 2.75. The average molecular weight is 244 g/mol. The molecule has 0 saturated carbocycles. The molecule has 1 aromatic carbocycles. The van der Waals surface area contributed by atoms with Gasteiger partial charge in [-0.1, -0.05) is 0 Å². The molecule has 0 saturated heterocycles. The highest BCUT2D eigenvalue weighted by molar-refractivity contribution is 5.94. The predicted molar refractivity (Wildman–Crippen MR) is 68.9 cm³/mol. The molecule has 0 atom stereocenters. The van der Waals surface area contributed by atoms with E-state index >= 15 is 0 Å². The van der Waals surface area contributed by atoms with Crippen molar-refractivity contribution in [3.63, 3.8) is 0 Å². The lowest BCUT2D eigenvalue weighted by Gasteiger charge is -2.10. The van der Waals surface area contributed by atoms with Crippen LogP contribution in [-0.2, 0) is 6.54 Å². The molecule has 2 aromatic rings. The first-order chi connectivity index (χ1) is 8.66. The predicted octanol–water partition coefficient (Wildman–Crippen LogP) is 2.47. The van der Waals surface area contributed by atoms with E-state index in [9.17, 15) is 4.79 Å². The number of hydrogen-bond donors (Lipinski definition) is 0. The molecule has 18 heavy (non-hydrogen) atoms. The fraction of sp³-hybridized carbons (Fsp3) is 0.286. The molecule has 0 N–H and O–H groups in total. The molecule has 0 unspecified atom stereocenters. The fourth-order valence-corrected chi connectivity index (χ4v) is 1.71. The summed E-state index contributed by atoms with van der Waals surface area (Å²) in [4.78, 5) is 15.2. The highest BCUT2D eigenvalue weighted by Crippen LogP contribution is 2.19. The first-order valence-corrected chi connectivity index (χ1v) is 5.87. The van der Waals surface area contributed by atoms with Gasteiger partial charge < -0.3 is 9.30 Å². The Bertz CT molecular complexity index is 533. The average Bonchev–Trinajstić information content (AvgIpc) is 2.84. The summed E-state index contributed by atoms with van der Waals surface area (Å²) in [5.41, 5.74) is 1.70. The lowest BCUT2D eigenvalue weighted by molar-refractivity contribution is 0.101. The van der Waals surface area contributed by atoms with Crippen molar-refractivity contribution in [1.82, 2.24) is 9.55 Å². The van der Waals surface area contributed by atoms with Crippen LogP contribution in [0.1, 0.15) is 22.8 Å². The van der Waals surface area contributed by atoms with E-state index in [1.807, 2.05) is 29.8 Å². The van der Waals surface area contributed by atoms with E-state index in [0.717, 1.165) is 23.4 Å². The Morgan fingerprint density at radius 3 is 2.89 bits per heavy atom. The number of ketones is 1. The van der Waals surface area contributed by atoms with Gasteiger partial charge in [-0.05, 0) is 37.6 Å². The molecular formula is C14H16N2O2. The van der Waals surface area contributed by atoms with Gasteiger partial charge >= 0.3 is 0 Å². The van der Waals surface area contributed by atoms with Crippen LogP contribution >= 0.6 is 0 Å². The second-order valence-corrected chi connectivity index (χ2v) is 4.19. The molecule has 4 heteroatoms. The van der Waals surface area contributed by atoms with Crippen molar-refractivity contribution in [1.29, 1.82) is 0 Å². The molecule has 0 amide bonds. The Morgan fingerprint density at radius 1 is 1.44 bits per heavy atom. The maximum atomic E-state index is 11.2. The van der Waals surface area contributed by atoms with Crippen molar-refractivity contribution in [3.8, 4) is 5.75 Å². The van der Waals surface area contributed by atoms with Crippen LogP contribution in [0, 0.1) is 6.92 Å². The first-order valence-electron chi connectivity index (χ1n) is 5.87. The van der Waals surface area contributed by atoms with Crippen LogP contribution in [0.25, 0.3) is 0 Å². The number of nitrogens with zero attached hydrogens (tertiary/aromatic N) is 2. The van der Waals surface area contributed by atoms with Gasteiger partial charge in [0.25, 0.3) is 0 Å². The maximum Gasteiger partial charge on any atom is 0.159 e. The summed E-state index contributed by atoms with van der Waals surface area (Å²) in [5, 5.41) is 0. The van der Waals surface area contributed by atoms with Gasteiger partial charge in [0.05, 0.1) is 12.9 Å². The Kier molecular flexibility index (Phi) is 3.77. The van der Waals surface area contributed by atoms with Gasteiger partial charge in [0, 0.05) is 18.0 Å². The van der Waals surface area contributed by atoms with Gasteiger partial charge in [-0.15, -0.1) is 0 Å². The summed E-state index contributed by atoms with van der Waals surface area (Å²) >= 11 is 0. The second kappa shape index (κ2) is 5.49. The van der Waals surface area contributed by atoms with Gasteiger partial charge in [-0.3, -0.25) is 4.79 Å². The van der Waals surface area contributed by atoms with Gasteiger partial charge in [0.2, 0.25) is 0 Å². The van der Waals surface area contributed by atoms with E-state index < -0.39 is 0 Å². The minimum atomic E-state index is 0.0723. The van der Waals surface area contributed by atoms with Crippen molar-refractivity contribution in [2.75, 3.05) is 6.61 Å². The second-order valence-electron chi connectivity index (χ2n) is 4.19. The van der Waals surface area contributed by atoms with Gasteiger partial charge in [0.15, 0.2) is 5.78 Å². The third kappa shape index (κ3) is 2.97. The summed E-state index contributed by atoms with van der Waals surface area (Å²) in [6.45, 7) is 4.85. The van der Waals surface area contributed by atoms with Gasteiger partial charge in [-0.2, -0.15) is 0 Å². The van der Waals surface area contributed by atoms with Crippen LogP contribution in [0.2, 0.25) is 0 Å². The van der Waals surface area contributed by atoms with Crippen LogP contribution in [0.3, 0.4) is 0 Å². The van der Waals surface area contributed by atoms with Gasteiger partial charge in [0.1, 0.15) is 12.4 Å². The molecule has 2 rings (SSSR count). The highest BCUT2D eigenvalue weighted by atomic mass is 16.5. The van der Waals surface area contributed by atoms with Crippen LogP contribution in [0.15, 0.2) is 36.9 Å². The van der Waals surface area contributed by atoms with Crippen molar-refractivity contribution < 1.29 is 9.53 Å². The van der Waals surface area contributed by atoms with Crippen LogP contribution in [0.5, 0.6) is 5.75 Å². The number of carbonyl (C=O) groups excluding carboxylic acids is 1. The quantitative estimate of drug-likeness (QED) is 0.759. The van der Waals surface area contributed by atoms with Crippen LogP contribution < -0.4 is 4.74 Å². The summed E-state index contributed by atoms with van der Waals surface area (Å²) in [5.74, 6) is 0.892.